The van der Waals surface area contributed by atoms with Gasteiger partial charge in [-0.3, -0.25) is 4.79 Å². The molecule has 0 saturated heterocycles. The molecule has 3 N–H and O–H groups in total. The van der Waals surface area contributed by atoms with Crippen LogP contribution in [0.2, 0.25) is 0 Å². The van der Waals surface area contributed by atoms with Crippen LogP contribution in [0.5, 0.6) is 0 Å². The van der Waals surface area contributed by atoms with Crippen LogP contribution in [0.3, 0.4) is 0 Å². The van der Waals surface area contributed by atoms with Gasteiger partial charge in [-0.15, -0.1) is 0 Å². The maximum atomic E-state index is 11.3. The van der Waals surface area contributed by atoms with Crippen LogP contribution >= 0.6 is 0 Å². The molecule has 4 nitrogen and oxygen atoms in total. The van der Waals surface area contributed by atoms with Crippen LogP contribution in [0.4, 0.5) is 0 Å². The Kier molecular flexibility index (Phi) is 5.05. The van der Waals surface area contributed by atoms with Crippen molar-refractivity contribution in [1.82, 2.24) is 0 Å². The summed E-state index contributed by atoms with van der Waals surface area (Å²) in [4.78, 5) is 11.3. The van der Waals surface area contributed by atoms with Crippen molar-refractivity contribution in [1.29, 1.82) is 0 Å². The number of esters is 1. The van der Waals surface area contributed by atoms with E-state index >= 15 is 0 Å². The molecule has 1 fully saturated rings. The maximum Gasteiger partial charge on any atom is 0.322 e. The summed E-state index contributed by atoms with van der Waals surface area (Å²) in [5.74, 6) is 0.163. The topological polar surface area (TPSA) is 72.5 Å². The van der Waals surface area contributed by atoms with Crippen molar-refractivity contribution in [3.63, 3.8) is 0 Å². The van der Waals surface area contributed by atoms with Gasteiger partial charge in [0.25, 0.3) is 0 Å². The van der Waals surface area contributed by atoms with Crippen LogP contribution in [0.15, 0.2) is 0 Å². The first-order valence-corrected chi connectivity index (χ1v) is 5.73. The zero-order chi connectivity index (χ0) is 11.3. The Bertz CT molecular complexity index is 200. The number of nitrogens with two attached hydrogens (primary N) is 1. The Morgan fingerprint density at radius 1 is 1.47 bits per heavy atom. The van der Waals surface area contributed by atoms with Crippen molar-refractivity contribution < 1.29 is 14.6 Å². The van der Waals surface area contributed by atoms with Crippen LogP contribution in [0.25, 0.3) is 0 Å². The molecule has 1 saturated carbocycles. The second-order valence-corrected chi connectivity index (χ2v) is 4.27. The van der Waals surface area contributed by atoms with E-state index in [2.05, 4.69) is 0 Å². The predicted molar refractivity (Wildman–Crippen MR) is 57.2 cm³/mol. The third kappa shape index (κ3) is 4.18. The van der Waals surface area contributed by atoms with Crippen molar-refractivity contribution in [2.24, 2.45) is 11.7 Å². The molecule has 0 aromatic rings. The summed E-state index contributed by atoms with van der Waals surface area (Å²) in [5.41, 5.74) is 5.73. The average molecular weight is 215 g/mol. The second-order valence-electron chi connectivity index (χ2n) is 4.27. The summed E-state index contributed by atoms with van der Waals surface area (Å²) in [7, 11) is 0. The van der Waals surface area contributed by atoms with Crippen molar-refractivity contribution in [2.45, 2.75) is 51.2 Å². The van der Waals surface area contributed by atoms with Gasteiger partial charge in [0.1, 0.15) is 6.04 Å². The van der Waals surface area contributed by atoms with E-state index in [0.717, 1.165) is 25.7 Å². The highest BCUT2D eigenvalue weighted by molar-refractivity contribution is 5.75. The fraction of sp³-hybridized carbons (Fsp3) is 0.909. The molecule has 15 heavy (non-hydrogen) atoms. The highest BCUT2D eigenvalue weighted by Crippen LogP contribution is 2.27. The summed E-state index contributed by atoms with van der Waals surface area (Å²) >= 11 is 0. The number of ether oxygens (including phenoxy) is 1. The molecule has 1 rings (SSSR count). The van der Waals surface area contributed by atoms with Gasteiger partial charge >= 0.3 is 5.97 Å². The zero-order valence-electron chi connectivity index (χ0n) is 9.32. The third-order valence-corrected chi connectivity index (χ3v) is 2.99. The van der Waals surface area contributed by atoms with E-state index in [-0.39, 0.29) is 12.1 Å². The summed E-state index contributed by atoms with van der Waals surface area (Å²) in [5, 5.41) is 9.33. The number of aliphatic hydroxyl groups is 1. The number of aliphatic hydroxyl groups excluding tert-OH is 1. The van der Waals surface area contributed by atoms with Crippen LogP contribution in [-0.4, -0.2) is 29.8 Å². The van der Waals surface area contributed by atoms with Crippen molar-refractivity contribution in [2.75, 3.05) is 6.61 Å². The van der Waals surface area contributed by atoms with Gasteiger partial charge in [-0.1, -0.05) is 0 Å². The predicted octanol–water partition coefficient (Wildman–Crippen LogP) is 0.818. The number of carbonyl (C=O) groups is 1. The Morgan fingerprint density at radius 2 is 2.07 bits per heavy atom. The zero-order valence-corrected chi connectivity index (χ0v) is 9.32. The van der Waals surface area contributed by atoms with Gasteiger partial charge in [0, 0.05) is 0 Å². The van der Waals surface area contributed by atoms with Crippen molar-refractivity contribution in [3.05, 3.63) is 0 Å². The normalized spacial score (nSPS) is 28.5. The minimum absolute atomic E-state index is 0.153. The van der Waals surface area contributed by atoms with E-state index in [1.54, 1.807) is 6.92 Å². The minimum atomic E-state index is -0.495. The molecular formula is C11H21NO3. The first-order valence-electron chi connectivity index (χ1n) is 5.73. The average Bonchev–Trinajstić information content (AvgIpc) is 2.22. The molecule has 0 spiro atoms. The van der Waals surface area contributed by atoms with E-state index in [4.69, 9.17) is 10.5 Å². The number of hydrogen-bond acceptors (Lipinski definition) is 4. The fourth-order valence-corrected chi connectivity index (χ4v) is 2.09. The van der Waals surface area contributed by atoms with E-state index in [1.165, 1.54) is 0 Å². The molecule has 1 atom stereocenters. The first-order chi connectivity index (χ1) is 7.13. The Morgan fingerprint density at radius 3 is 2.60 bits per heavy atom. The Balaban J connectivity index is 2.25. The lowest BCUT2D eigenvalue weighted by molar-refractivity contribution is -0.145. The summed E-state index contributed by atoms with van der Waals surface area (Å²) in [6.45, 7) is 2.16. The van der Waals surface area contributed by atoms with Crippen LogP contribution in [-0.2, 0) is 9.53 Å². The summed E-state index contributed by atoms with van der Waals surface area (Å²) < 4.78 is 4.85. The molecule has 4 heteroatoms. The highest BCUT2D eigenvalue weighted by Gasteiger charge is 2.24. The van der Waals surface area contributed by atoms with E-state index in [0.29, 0.717) is 18.9 Å². The summed E-state index contributed by atoms with van der Waals surface area (Å²) in [6.07, 6.45) is 4.13. The molecule has 0 aliphatic heterocycles. The van der Waals surface area contributed by atoms with E-state index in [1.807, 2.05) is 0 Å². The van der Waals surface area contributed by atoms with Gasteiger partial charge in [-0.05, 0) is 44.9 Å². The molecule has 0 aromatic heterocycles. The second kappa shape index (κ2) is 6.08. The summed E-state index contributed by atoms with van der Waals surface area (Å²) in [6, 6.07) is -0.495. The minimum Gasteiger partial charge on any atom is -0.465 e. The van der Waals surface area contributed by atoms with Gasteiger partial charge in [0.2, 0.25) is 0 Å². The third-order valence-electron chi connectivity index (χ3n) is 2.99. The van der Waals surface area contributed by atoms with Gasteiger partial charge < -0.3 is 15.6 Å². The molecule has 0 amide bonds. The maximum absolute atomic E-state index is 11.3. The lowest BCUT2D eigenvalue weighted by Gasteiger charge is -2.26. The van der Waals surface area contributed by atoms with Gasteiger partial charge in [0.15, 0.2) is 0 Å². The fourth-order valence-electron chi connectivity index (χ4n) is 2.09. The van der Waals surface area contributed by atoms with Crippen LogP contribution in [0, 0.1) is 5.92 Å². The molecule has 0 aromatic carbocycles. The quantitative estimate of drug-likeness (QED) is 0.681. The SMILES string of the molecule is CCOC(=O)C(N)CC1CCC(O)CC1. The standard InChI is InChI=1S/C11H21NO3/c1-2-15-11(14)10(12)7-8-3-5-9(13)6-4-8/h8-10,13H,2-7,12H2,1H3. The van der Waals surface area contributed by atoms with Crippen molar-refractivity contribution >= 4 is 5.97 Å². The number of rotatable bonds is 4. The number of hydrogen-bond donors (Lipinski definition) is 2. The van der Waals surface area contributed by atoms with Gasteiger partial charge in [-0.2, -0.15) is 0 Å². The molecular weight excluding hydrogens is 194 g/mol. The largest absolute Gasteiger partial charge is 0.465 e. The van der Waals surface area contributed by atoms with Gasteiger partial charge in [-0.25, -0.2) is 0 Å². The molecule has 0 radical (unpaired) electrons. The van der Waals surface area contributed by atoms with E-state index in [9.17, 15) is 9.90 Å². The molecule has 1 aliphatic carbocycles. The molecule has 0 heterocycles. The smallest absolute Gasteiger partial charge is 0.322 e. The van der Waals surface area contributed by atoms with E-state index < -0.39 is 6.04 Å². The highest BCUT2D eigenvalue weighted by atomic mass is 16.5. The van der Waals surface area contributed by atoms with Gasteiger partial charge in [0.05, 0.1) is 12.7 Å². The van der Waals surface area contributed by atoms with Crippen molar-refractivity contribution in [3.8, 4) is 0 Å². The lowest BCUT2D eigenvalue weighted by atomic mass is 9.83. The Hall–Kier alpha value is -0.610. The monoisotopic (exact) mass is 215 g/mol. The van der Waals surface area contributed by atoms with Crippen LogP contribution < -0.4 is 5.73 Å². The first kappa shape index (κ1) is 12.5. The molecule has 88 valence electrons. The molecule has 0 bridgehead atoms. The lowest BCUT2D eigenvalue weighted by Crippen LogP contribution is -2.35. The molecule has 1 aliphatic rings. The molecule has 1 unspecified atom stereocenters. The Labute approximate surface area is 90.8 Å². The van der Waals surface area contributed by atoms with Crippen LogP contribution in [0.1, 0.15) is 39.0 Å². The number of carbonyl (C=O) groups excluding carboxylic acids is 1.